The first-order valence-corrected chi connectivity index (χ1v) is 9.29. The Morgan fingerprint density at radius 2 is 1.68 bits per heavy atom. The molecule has 0 aliphatic carbocycles. The summed E-state index contributed by atoms with van der Waals surface area (Å²) in [4.78, 5) is 24.8. The van der Waals surface area contributed by atoms with E-state index >= 15 is 0 Å². The third-order valence-corrected chi connectivity index (χ3v) is 4.76. The number of hydrogen-bond acceptors (Lipinski definition) is 6. The Morgan fingerprint density at radius 3 is 2.32 bits per heavy atom. The Balaban J connectivity index is 1.66. The van der Waals surface area contributed by atoms with Gasteiger partial charge in [0.25, 0.3) is 0 Å². The molecule has 28 heavy (non-hydrogen) atoms. The van der Waals surface area contributed by atoms with Crippen LogP contribution in [0.5, 0.6) is 17.2 Å². The molecule has 0 aliphatic heterocycles. The average Bonchev–Trinajstić information content (AvgIpc) is 3.27. The lowest BCUT2D eigenvalue weighted by atomic mass is 10.1. The van der Waals surface area contributed by atoms with Crippen molar-refractivity contribution in [3.8, 4) is 17.2 Å². The number of methoxy groups -OCH3 is 2. The number of thiophene rings is 1. The zero-order valence-electron chi connectivity index (χ0n) is 15.4. The standard InChI is InChI=1S/C22H18O5S/c1-25-19-12-6-15(14-20(19)26-2)5-11-18(23)16-7-9-17(10-8-16)27-22(24)21-4-3-13-28-21/h3-14H,1-2H3/b11-5+. The number of rotatable bonds is 7. The Kier molecular flexibility index (Phi) is 6.24. The van der Waals surface area contributed by atoms with Gasteiger partial charge in [-0.2, -0.15) is 0 Å². The SMILES string of the molecule is COc1ccc(/C=C/C(=O)c2ccc(OC(=O)c3cccs3)cc2)cc1OC. The number of benzene rings is 2. The van der Waals surface area contributed by atoms with Gasteiger partial charge in [0.05, 0.1) is 14.2 Å². The van der Waals surface area contributed by atoms with E-state index < -0.39 is 5.97 Å². The zero-order chi connectivity index (χ0) is 19.9. The quantitative estimate of drug-likeness (QED) is 0.247. The third kappa shape index (κ3) is 4.66. The van der Waals surface area contributed by atoms with Crippen LogP contribution in [0.3, 0.4) is 0 Å². The maximum atomic E-state index is 12.4. The van der Waals surface area contributed by atoms with E-state index in [1.54, 1.807) is 68.8 Å². The monoisotopic (exact) mass is 394 g/mol. The summed E-state index contributed by atoms with van der Waals surface area (Å²) in [5, 5.41) is 1.81. The molecule has 0 fully saturated rings. The highest BCUT2D eigenvalue weighted by Gasteiger charge is 2.10. The molecular weight excluding hydrogens is 376 g/mol. The molecule has 0 amide bonds. The van der Waals surface area contributed by atoms with Gasteiger partial charge in [-0.1, -0.05) is 18.2 Å². The van der Waals surface area contributed by atoms with Gasteiger partial charge < -0.3 is 14.2 Å². The lowest BCUT2D eigenvalue weighted by molar-refractivity contribution is 0.0740. The summed E-state index contributed by atoms with van der Waals surface area (Å²) in [6.07, 6.45) is 3.18. The maximum Gasteiger partial charge on any atom is 0.353 e. The van der Waals surface area contributed by atoms with Gasteiger partial charge >= 0.3 is 5.97 Å². The first kappa shape index (κ1) is 19.4. The van der Waals surface area contributed by atoms with Crippen LogP contribution in [0.4, 0.5) is 0 Å². The molecule has 3 rings (SSSR count). The summed E-state index contributed by atoms with van der Waals surface area (Å²) in [5.41, 5.74) is 1.31. The molecule has 0 atom stereocenters. The number of allylic oxidation sites excluding steroid dienone is 1. The van der Waals surface area contributed by atoms with Gasteiger partial charge in [0, 0.05) is 5.56 Å². The minimum Gasteiger partial charge on any atom is -0.493 e. The molecule has 6 heteroatoms. The topological polar surface area (TPSA) is 61.8 Å². The van der Waals surface area contributed by atoms with Gasteiger partial charge in [-0.3, -0.25) is 4.79 Å². The van der Waals surface area contributed by atoms with Crippen LogP contribution in [-0.2, 0) is 0 Å². The minimum atomic E-state index is -0.414. The van der Waals surface area contributed by atoms with Crippen molar-refractivity contribution in [1.29, 1.82) is 0 Å². The highest BCUT2D eigenvalue weighted by Crippen LogP contribution is 2.28. The fraction of sp³-hybridized carbons (Fsp3) is 0.0909. The van der Waals surface area contributed by atoms with Crippen LogP contribution in [0.2, 0.25) is 0 Å². The Bertz CT molecular complexity index is 988. The number of hydrogen-bond donors (Lipinski definition) is 0. The van der Waals surface area contributed by atoms with Gasteiger partial charge in [0.15, 0.2) is 17.3 Å². The normalized spacial score (nSPS) is 10.6. The minimum absolute atomic E-state index is 0.161. The van der Waals surface area contributed by atoms with Crippen LogP contribution in [0.1, 0.15) is 25.6 Å². The number of carbonyl (C=O) groups excluding carboxylic acids is 2. The van der Waals surface area contributed by atoms with Crippen LogP contribution >= 0.6 is 11.3 Å². The second-order valence-electron chi connectivity index (χ2n) is 5.70. The van der Waals surface area contributed by atoms with Crippen molar-refractivity contribution in [2.45, 2.75) is 0 Å². The summed E-state index contributed by atoms with van der Waals surface area (Å²) in [5.74, 6) is 1.03. The molecule has 0 spiro atoms. The van der Waals surface area contributed by atoms with Crippen molar-refractivity contribution in [3.05, 3.63) is 82.1 Å². The predicted octanol–water partition coefficient (Wildman–Crippen LogP) is 4.88. The van der Waals surface area contributed by atoms with Crippen LogP contribution in [0, 0.1) is 0 Å². The second kappa shape index (κ2) is 9.01. The van der Waals surface area contributed by atoms with Gasteiger partial charge in [-0.25, -0.2) is 4.79 Å². The van der Waals surface area contributed by atoms with E-state index in [-0.39, 0.29) is 5.78 Å². The molecule has 0 aliphatic rings. The van der Waals surface area contributed by atoms with Gasteiger partial charge in [0.1, 0.15) is 10.6 Å². The van der Waals surface area contributed by atoms with E-state index in [2.05, 4.69) is 0 Å². The highest BCUT2D eigenvalue weighted by molar-refractivity contribution is 7.12. The molecule has 0 radical (unpaired) electrons. The Labute approximate surface area is 166 Å². The van der Waals surface area contributed by atoms with Crippen LogP contribution in [0.15, 0.2) is 66.1 Å². The molecule has 5 nitrogen and oxygen atoms in total. The molecule has 0 bridgehead atoms. The van der Waals surface area contributed by atoms with Crippen molar-refractivity contribution in [1.82, 2.24) is 0 Å². The van der Waals surface area contributed by atoms with E-state index in [0.29, 0.717) is 27.7 Å². The molecule has 2 aromatic carbocycles. The Hall–Kier alpha value is -3.38. The average molecular weight is 394 g/mol. The van der Waals surface area contributed by atoms with Crippen LogP contribution in [-0.4, -0.2) is 26.0 Å². The fourth-order valence-electron chi connectivity index (χ4n) is 2.46. The molecule has 1 heterocycles. The predicted molar refractivity (Wildman–Crippen MR) is 109 cm³/mol. The van der Waals surface area contributed by atoms with Gasteiger partial charge in [0.2, 0.25) is 0 Å². The number of ether oxygens (including phenoxy) is 3. The highest BCUT2D eigenvalue weighted by atomic mass is 32.1. The first-order valence-electron chi connectivity index (χ1n) is 8.41. The fourth-order valence-corrected chi connectivity index (χ4v) is 3.06. The second-order valence-corrected chi connectivity index (χ2v) is 6.65. The number of carbonyl (C=O) groups is 2. The lowest BCUT2D eigenvalue weighted by Crippen LogP contribution is -2.06. The van der Waals surface area contributed by atoms with Crippen LogP contribution < -0.4 is 14.2 Å². The lowest BCUT2D eigenvalue weighted by Gasteiger charge is -2.07. The van der Waals surface area contributed by atoms with Crippen molar-refractivity contribution in [2.75, 3.05) is 14.2 Å². The molecule has 0 saturated heterocycles. The molecule has 0 N–H and O–H groups in total. The first-order chi connectivity index (χ1) is 13.6. The molecular formula is C22H18O5S. The number of esters is 1. The summed E-state index contributed by atoms with van der Waals surface area (Å²) < 4.78 is 15.7. The summed E-state index contributed by atoms with van der Waals surface area (Å²) in [6, 6.07) is 15.3. The molecule has 0 saturated carbocycles. The van der Waals surface area contributed by atoms with Gasteiger partial charge in [-0.15, -0.1) is 11.3 Å². The van der Waals surface area contributed by atoms with E-state index in [0.717, 1.165) is 5.56 Å². The van der Waals surface area contributed by atoms with E-state index in [1.165, 1.54) is 17.4 Å². The van der Waals surface area contributed by atoms with Crippen LogP contribution in [0.25, 0.3) is 6.08 Å². The Morgan fingerprint density at radius 1 is 0.929 bits per heavy atom. The maximum absolute atomic E-state index is 12.4. The van der Waals surface area contributed by atoms with Crippen molar-refractivity contribution >= 4 is 29.2 Å². The third-order valence-electron chi connectivity index (χ3n) is 3.91. The van der Waals surface area contributed by atoms with Crippen molar-refractivity contribution in [2.24, 2.45) is 0 Å². The largest absolute Gasteiger partial charge is 0.493 e. The summed E-state index contributed by atoms with van der Waals surface area (Å²) in [7, 11) is 3.13. The smallest absolute Gasteiger partial charge is 0.353 e. The van der Waals surface area contributed by atoms with E-state index in [4.69, 9.17) is 14.2 Å². The molecule has 1 aromatic heterocycles. The number of ketones is 1. The van der Waals surface area contributed by atoms with E-state index in [9.17, 15) is 9.59 Å². The van der Waals surface area contributed by atoms with E-state index in [1.807, 2.05) is 11.4 Å². The zero-order valence-corrected chi connectivity index (χ0v) is 16.2. The summed E-state index contributed by atoms with van der Waals surface area (Å²) >= 11 is 1.31. The summed E-state index contributed by atoms with van der Waals surface area (Å²) in [6.45, 7) is 0. The molecule has 142 valence electrons. The molecule has 0 unspecified atom stereocenters. The van der Waals surface area contributed by atoms with Crippen molar-refractivity contribution in [3.63, 3.8) is 0 Å². The molecule has 3 aromatic rings. The van der Waals surface area contributed by atoms with Gasteiger partial charge in [-0.05, 0) is 59.5 Å². The van der Waals surface area contributed by atoms with Crippen molar-refractivity contribution < 1.29 is 23.8 Å².